The number of nitrogens with zero attached hydrogens (tertiary/aromatic N) is 2. The molecule has 0 bridgehead atoms. The maximum atomic E-state index is 12.0. The zero-order chi connectivity index (χ0) is 15.2. The molecule has 0 saturated heterocycles. The van der Waals surface area contributed by atoms with Crippen molar-refractivity contribution in [2.24, 2.45) is 0 Å². The number of rotatable bonds is 5. The first-order valence-electron chi connectivity index (χ1n) is 7.24. The molecule has 4 heteroatoms. The van der Waals surface area contributed by atoms with Crippen LogP contribution in [0.25, 0.3) is 11.4 Å². The number of hydrogen-bond acceptors (Lipinski definition) is 2. The Balaban J connectivity index is 1.61. The molecule has 22 heavy (non-hydrogen) atoms. The van der Waals surface area contributed by atoms with Crippen LogP contribution < -0.4 is 5.32 Å². The van der Waals surface area contributed by atoms with E-state index in [1.807, 2.05) is 71.4 Å². The highest BCUT2D eigenvalue weighted by atomic mass is 16.1. The summed E-state index contributed by atoms with van der Waals surface area (Å²) in [4.78, 5) is 16.4. The molecule has 0 unspecified atom stereocenters. The lowest BCUT2D eigenvalue weighted by Crippen LogP contribution is -2.27. The summed E-state index contributed by atoms with van der Waals surface area (Å²) in [7, 11) is 0. The highest BCUT2D eigenvalue weighted by Gasteiger charge is 2.07. The molecule has 0 fully saturated rings. The third kappa shape index (κ3) is 3.23. The molecule has 3 rings (SSSR count). The lowest BCUT2D eigenvalue weighted by molar-refractivity contribution is 0.0952. The Morgan fingerprint density at radius 1 is 1.00 bits per heavy atom. The Morgan fingerprint density at radius 2 is 1.68 bits per heavy atom. The normalized spacial score (nSPS) is 10.4. The predicted octanol–water partition coefficient (Wildman–Crippen LogP) is 2.98. The zero-order valence-electron chi connectivity index (χ0n) is 12.1. The number of benzene rings is 2. The van der Waals surface area contributed by atoms with Crippen LogP contribution in [0.4, 0.5) is 0 Å². The summed E-state index contributed by atoms with van der Waals surface area (Å²) in [5.74, 6) is 0.858. The summed E-state index contributed by atoms with van der Waals surface area (Å²) in [5.41, 5.74) is 1.75. The van der Waals surface area contributed by atoms with Gasteiger partial charge in [-0.15, -0.1) is 0 Å². The highest BCUT2D eigenvalue weighted by Crippen LogP contribution is 2.16. The van der Waals surface area contributed by atoms with Gasteiger partial charge in [-0.1, -0.05) is 48.5 Å². The number of nitrogens with one attached hydrogen (secondary N) is 1. The van der Waals surface area contributed by atoms with Crippen molar-refractivity contribution >= 4 is 5.91 Å². The molecule has 1 aromatic heterocycles. The average molecular weight is 291 g/mol. The molecule has 3 aromatic rings. The van der Waals surface area contributed by atoms with E-state index in [1.165, 1.54) is 0 Å². The topological polar surface area (TPSA) is 46.9 Å². The molecule has 4 nitrogen and oxygen atoms in total. The summed E-state index contributed by atoms with van der Waals surface area (Å²) < 4.78 is 2.04. The van der Waals surface area contributed by atoms with Crippen LogP contribution in [0, 0.1) is 0 Å². The van der Waals surface area contributed by atoms with Gasteiger partial charge in [0.15, 0.2) is 0 Å². The molecule has 0 atom stereocenters. The minimum absolute atomic E-state index is 0.0537. The number of imidazole rings is 1. The fraction of sp³-hybridized carbons (Fsp3) is 0.111. The van der Waals surface area contributed by atoms with Gasteiger partial charge in [0, 0.05) is 36.6 Å². The van der Waals surface area contributed by atoms with E-state index in [0.717, 1.165) is 11.4 Å². The van der Waals surface area contributed by atoms with Gasteiger partial charge in [0.25, 0.3) is 5.91 Å². The van der Waals surface area contributed by atoms with E-state index in [9.17, 15) is 4.79 Å². The number of amides is 1. The van der Waals surface area contributed by atoms with Crippen molar-refractivity contribution in [3.63, 3.8) is 0 Å². The van der Waals surface area contributed by atoms with Crippen molar-refractivity contribution < 1.29 is 4.79 Å². The Kier molecular flexibility index (Phi) is 4.30. The number of hydrogen-bond donors (Lipinski definition) is 1. The van der Waals surface area contributed by atoms with Crippen LogP contribution in [0.1, 0.15) is 10.4 Å². The molecule has 0 aliphatic carbocycles. The van der Waals surface area contributed by atoms with Crippen molar-refractivity contribution in [3.05, 3.63) is 78.6 Å². The Labute approximate surface area is 129 Å². The molecule has 1 heterocycles. The van der Waals surface area contributed by atoms with Crippen molar-refractivity contribution in [3.8, 4) is 11.4 Å². The second kappa shape index (κ2) is 6.72. The minimum atomic E-state index is -0.0537. The maximum Gasteiger partial charge on any atom is 0.251 e. The van der Waals surface area contributed by atoms with Crippen LogP contribution in [-0.4, -0.2) is 22.0 Å². The third-order valence-electron chi connectivity index (χ3n) is 3.42. The minimum Gasteiger partial charge on any atom is -0.350 e. The molecule has 110 valence electrons. The molecule has 0 radical (unpaired) electrons. The van der Waals surface area contributed by atoms with Gasteiger partial charge in [-0.3, -0.25) is 4.79 Å². The number of aromatic nitrogens is 2. The van der Waals surface area contributed by atoms with Gasteiger partial charge in [-0.05, 0) is 12.1 Å². The molecule has 0 saturated carbocycles. The quantitative estimate of drug-likeness (QED) is 0.785. The Hall–Kier alpha value is -2.88. The predicted molar refractivity (Wildman–Crippen MR) is 86.4 cm³/mol. The first-order valence-corrected chi connectivity index (χ1v) is 7.24. The second-order valence-electron chi connectivity index (χ2n) is 4.93. The number of carbonyl (C=O) groups excluding carboxylic acids is 1. The molecule has 0 spiro atoms. The number of carbonyl (C=O) groups is 1. The van der Waals surface area contributed by atoms with E-state index in [1.54, 1.807) is 6.20 Å². The summed E-state index contributed by atoms with van der Waals surface area (Å²) in [5, 5.41) is 2.93. The molecular formula is C18H17N3O. The Bertz CT molecular complexity index is 735. The molecule has 0 aliphatic rings. The highest BCUT2D eigenvalue weighted by molar-refractivity contribution is 5.94. The van der Waals surface area contributed by atoms with Crippen LogP contribution in [0.3, 0.4) is 0 Å². The van der Waals surface area contributed by atoms with Crippen LogP contribution >= 0.6 is 0 Å². The van der Waals surface area contributed by atoms with Crippen LogP contribution in [0.5, 0.6) is 0 Å². The van der Waals surface area contributed by atoms with Crippen molar-refractivity contribution in [1.82, 2.24) is 14.9 Å². The van der Waals surface area contributed by atoms with Gasteiger partial charge < -0.3 is 9.88 Å². The van der Waals surface area contributed by atoms with Gasteiger partial charge in [0.2, 0.25) is 0 Å². The van der Waals surface area contributed by atoms with Gasteiger partial charge >= 0.3 is 0 Å². The largest absolute Gasteiger partial charge is 0.350 e. The summed E-state index contributed by atoms with van der Waals surface area (Å²) in [6, 6.07) is 19.3. The second-order valence-corrected chi connectivity index (χ2v) is 4.93. The van der Waals surface area contributed by atoms with E-state index < -0.39 is 0 Å². The monoisotopic (exact) mass is 291 g/mol. The van der Waals surface area contributed by atoms with Crippen LogP contribution in [-0.2, 0) is 6.54 Å². The average Bonchev–Trinajstić information content (AvgIpc) is 3.05. The van der Waals surface area contributed by atoms with Gasteiger partial charge in [0.05, 0.1) is 0 Å². The summed E-state index contributed by atoms with van der Waals surface area (Å²) in [6.45, 7) is 1.24. The van der Waals surface area contributed by atoms with E-state index in [2.05, 4.69) is 10.3 Å². The molecule has 1 N–H and O–H groups in total. The SMILES string of the molecule is O=C(NCCn1ccnc1-c1ccccc1)c1ccccc1. The lowest BCUT2D eigenvalue weighted by Gasteiger charge is -2.09. The van der Waals surface area contributed by atoms with Crippen molar-refractivity contribution in [2.45, 2.75) is 6.54 Å². The van der Waals surface area contributed by atoms with Gasteiger partial charge in [0.1, 0.15) is 5.82 Å². The van der Waals surface area contributed by atoms with Crippen LogP contribution in [0.15, 0.2) is 73.1 Å². The van der Waals surface area contributed by atoms with E-state index in [0.29, 0.717) is 18.7 Å². The lowest BCUT2D eigenvalue weighted by atomic mass is 10.2. The molecule has 2 aromatic carbocycles. The van der Waals surface area contributed by atoms with Gasteiger partial charge in [-0.25, -0.2) is 4.98 Å². The third-order valence-corrected chi connectivity index (χ3v) is 3.42. The standard InChI is InChI=1S/C18H17N3O/c22-18(16-9-5-2-6-10-16)20-12-14-21-13-11-19-17(21)15-7-3-1-4-8-15/h1-11,13H,12,14H2,(H,20,22). The molecule has 1 amide bonds. The maximum absolute atomic E-state index is 12.0. The first-order chi connectivity index (χ1) is 10.8. The summed E-state index contributed by atoms with van der Waals surface area (Å²) in [6.07, 6.45) is 3.71. The van der Waals surface area contributed by atoms with Crippen molar-refractivity contribution in [2.75, 3.05) is 6.54 Å². The molecule has 0 aliphatic heterocycles. The van der Waals surface area contributed by atoms with E-state index >= 15 is 0 Å². The zero-order valence-corrected chi connectivity index (χ0v) is 12.1. The van der Waals surface area contributed by atoms with Crippen LogP contribution in [0.2, 0.25) is 0 Å². The Morgan fingerprint density at radius 3 is 2.41 bits per heavy atom. The molecular weight excluding hydrogens is 274 g/mol. The van der Waals surface area contributed by atoms with E-state index in [-0.39, 0.29) is 5.91 Å². The fourth-order valence-electron chi connectivity index (χ4n) is 2.32. The van der Waals surface area contributed by atoms with Crippen molar-refractivity contribution in [1.29, 1.82) is 0 Å². The summed E-state index contributed by atoms with van der Waals surface area (Å²) >= 11 is 0. The smallest absolute Gasteiger partial charge is 0.251 e. The fourth-order valence-corrected chi connectivity index (χ4v) is 2.32. The van der Waals surface area contributed by atoms with E-state index in [4.69, 9.17) is 0 Å². The first kappa shape index (κ1) is 14.1. The van der Waals surface area contributed by atoms with Gasteiger partial charge in [-0.2, -0.15) is 0 Å².